The van der Waals surface area contributed by atoms with Crippen molar-refractivity contribution in [3.8, 4) is 11.5 Å². The summed E-state index contributed by atoms with van der Waals surface area (Å²) < 4.78 is 24.2. The highest BCUT2D eigenvalue weighted by molar-refractivity contribution is 5.84. The predicted molar refractivity (Wildman–Crippen MR) is 94.8 cm³/mol. The molecule has 0 aliphatic carbocycles. The van der Waals surface area contributed by atoms with E-state index in [1.165, 1.54) is 12.1 Å². The summed E-state index contributed by atoms with van der Waals surface area (Å²) in [5, 5.41) is 21.1. The van der Waals surface area contributed by atoms with E-state index in [0.717, 1.165) is 6.07 Å². The van der Waals surface area contributed by atoms with Gasteiger partial charge in [0.1, 0.15) is 11.9 Å². The number of carbonyl (C=O) groups excluding carboxylic acids is 1. The zero-order chi connectivity index (χ0) is 19.1. The first-order valence-corrected chi connectivity index (χ1v) is 8.15. The quantitative estimate of drug-likeness (QED) is 0.695. The largest absolute Gasteiger partial charge is 0.505 e. The average molecular weight is 363 g/mol. The van der Waals surface area contributed by atoms with Crippen LogP contribution in [0.3, 0.4) is 0 Å². The zero-order valence-corrected chi connectivity index (χ0v) is 14.6. The van der Waals surface area contributed by atoms with Gasteiger partial charge in [-0.25, -0.2) is 9.18 Å². The van der Waals surface area contributed by atoms with Crippen molar-refractivity contribution in [2.75, 3.05) is 19.0 Å². The van der Waals surface area contributed by atoms with Crippen molar-refractivity contribution in [2.24, 2.45) is 5.92 Å². The number of ether oxygens (including phenoxy) is 2. The van der Waals surface area contributed by atoms with Gasteiger partial charge < -0.3 is 19.7 Å². The van der Waals surface area contributed by atoms with E-state index in [4.69, 9.17) is 14.6 Å². The summed E-state index contributed by atoms with van der Waals surface area (Å²) in [6.07, 6.45) is -1.13. The Morgan fingerprint density at radius 3 is 2.50 bits per heavy atom. The fourth-order valence-electron chi connectivity index (χ4n) is 2.50. The zero-order valence-electron chi connectivity index (χ0n) is 14.6. The molecule has 26 heavy (non-hydrogen) atoms. The third-order valence-corrected chi connectivity index (χ3v) is 3.97. The van der Waals surface area contributed by atoms with Crippen LogP contribution in [0.4, 0.5) is 14.9 Å². The molecule has 2 aromatic rings. The minimum atomic E-state index is -0.803. The van der Waals surface area contributed by atoms with E-state index < -0.39 is 23.8 Å². The van der Waals surface area contributed by atoms with Gasteiger partial charge in [-0.3, -0.25) is 5.32 Å². The molecule has 2 atom stereocenters. The molecule has 0 saturated heterocycles. The Hall–Kier alpha value is -2.80. The number of phenolic OH excluding ortho intramolecular Hbond substituents is 1. The summed E-state index contributed by atoms with van der Waals surface area (Å²) in [6, 6.07) is 10.5. The standard InChI is InChI=1S/C19H22FNO5/c1-12(9-10-22)18(13-3-8-17(23)16(20)11-13)26-19(24)21-14-4-6-15(25-2)7-5-14/h3-8,11-12,18,22-23H,9-10H2,1-2H3,(H,21,24)/t12-,18-/m1/s1. The van der Waals surface area contributed by atoms with Gasteiger partial charge in [-0.2, -0.15) is 0 Å². The molecule has 0 saturated carbocycles. The van der Waals surface area contributed by atoms with Crippen LogP contribution in [0.5, 0.6) is 11.5 Å². The van der Waals surface area contributed by atoms with E-state index >= 15 is 0 Å². The number of carbonyl (C=O) groups is 1. The SMILES string of the molecule is COc1ccc(NC(=O)O[C@@H](c2ccc(O)c(F)c2)[C@H](C)CCO)cc1. The Labute approximate surface area is 151 Å². The summed E-state index contributed by atoms with van der Waals surface area (Å²) in [7, 11) is 1.54. The number of hydrogen-bond donors (Lipinski definition) is 3. The topological polar surface area (TPSA) is 88.0 Å². The molecule has 0 unspecified atom stereocenters. The number of rotatable bonds is 7. The monoisotopic (exact) mass is 363 g/mol. The predicted octanol–water partition coefficient (Wildman–Crippen LogP) is 3.85. The van der Waals surface area contributed by atoms with Gasteiger partial charge in [0, 0.05) is 12.3 Å². The van der Waals surface area contributed by atoms with Gasteiger partial charge in [-0.1, -0.05) is 13.0 Å². The van der Waals surface area contributed by atoms with Gasteiger partial charge in [0.2, 0.25) is 0 Å². The molecule has 0 bridgehead atoms. The van der Waals surface area contributed by atoms with Crippen LogP contribution in [0.2, 0.25) is 0 Å². The molecule has 0 heterocycles. The number of aliphatic hydroxyl groups excluding tert-OH is 1. The number of methoxy groups -OCH3 is 1. The average Bonchev–Trinajstić information content (AvgIpc) is 2.63. The maximum atomic E-state index is 13.7. The fraction of sp³-hybridized carbons (Fsp3) is 0.316. The summed E-state index contributed by atoms with van der Waals surface area (Å²) in [5.74, 6) is -0.892. The van der Waals surface area contributed by atoms with E-state index in [0.29, 0.717) is 23.4 Å². The molecule has 0 aliphatic rings. The van der Waals surface area contributed by atoms with E-state index in [-0.39, 0.29) is 12.5 Å². The Morgan fingerprint density at radius 1 is 1.23 bits per heavy atom. The van der Waals surface area contributed by atoms with Crippen LogP contribution in [0.15, 0.2) is 42.5 Å². The number of phenols is 1. The number of hydrogen-bond acceptors (Lipinski definition) is 5. The number of benzene rings is 2. The van der Waals surface area contributed by atoms with Crippen LogP contribution in [0, 0.1) is 11.7 Å². The lowest BCUT2D eigenvalue weighted by Gasteiger charge is -2.24. The van der Waals surface area contributed by atoms with E-state index in [1.54, 1.807) is 38.3 Å². The lowest BCUT2D eigenvalue weighted by atomic mass is 9.94. The molecule has 140 valence electrons. The van der Waals surface area contributed by atoms with Gasteiger partial charge in [0.05, 0.1) is 7.11 Å². The van der Waals surface area contributed by atoms with Crippen LogP contribution < -0.4 is 10.1 Å². The molecule has 0 spiro atoms. The van der Waals surface area contributed by atoms with Gasteiger partial charge in [0.15, 0.2) is 11.6 Å². The van der Waals surface area contributed by atoms with Crippen molar-refractivity contribution in [1.82, 2.24) is 0 Å². The second-order valence-electron chi connectivity index (χ2n) is 5.88. The van der Waals surface area contributed by atoms with Crippen molar-refractivity contribution < 1.29 is 28.9 Å². The van der Waals surface area contributed by atoms with E-state index in [9.17, 15) is 14.3 Å². The van der Waals surface area contributed by atoms with Crippen molar-refractivity contribution >= 4 is 11.8 Å². The van der Waals surface area contributed by atoms with E-state index in [2.05, 4.69) is 5.32 Å². The number of amides is 1. The Bertz CT molecular complexity index is 735. The lowest BCUT2D eigenvalue weighted by Crippen LogP contribution is -2.22. The molecular weight excluding hydrogens is 341 g/mol. The number of halogens is 1. The molecular formula is C19H22FNO5. The summed E-state index contributed by atoms with van der Waals surface area (Å²) in [5.41, 5.74) is 0.910. The van der Waals surface area contributed by atoms with Crippen LogP contribution in [0.1, 0.15) is 25.0 Å². The second-order valence-corrected chi connectivity index (χ2v) is 5.88. The minimum absolute atomic E-state index is 0.0955. The highest BCUT2D eigenvalue weighted by Crippen LogP contribution is 2.31. The second kappa shape index (κ2) is 9.05. The summed E-state index contributed by atoms with van der Waals surface area (Å²) in [6.45, 7) is 1.69. The molecule has 2 aromatic carbocycles. The minimum Gasteiger partial charge on any atom is -0.505 e. The van der Waals surface area contributed by atoms with Crippen LogP contribution in [-0.4, -0.2) is 30.0 Å². The first-order chi connectivity index (χ1) is 12.4. The van der Waals surface area contributed by atoms with Crippen molar-refractivity contribution in [2.45, 2.75) is 19.4 Å². The molecule has 1 amide bonds. The van der Waals surface area contributed by atoms with Gasteiger partial charge in [0.25, 0.3) is 0 Å². The maximum absolute atomic E-state index is 13.7. The van der Waals surface area contributed by atoms with E-state index in [1.807, 2.05) is 0 Å². The highest BCUT2D eigenvalue weighted by atomic mass is 19.1. The van der Waals surface area contributed by atoms with Gasteiger partial charge in [-0.15, -0.1) is 0 Å². The lowest BCUT2D eigenvalue weighted by molar-refractivity contribution is 0.0665. The first-order valence-electron chi connectivity index (χ1n) is 8.15. The molecule has 0 aliphatic heterocycles. The van der Waals surface area contributed by atoms with Crippen molar-refractivity contribution in [1.29, 1.82) is 0 Å². The molecule has 7 heteroatoms. The number of anilines is 1. The highest BCUT2D eigenvalue weighted by Gasteiger charge is 2.24. The molecule has 6 nitrogen and oxygen atoms in total. The molecule has 3 N–H and O–H groups in total. The summed E-state index contributed by atoms with van der Waals surface area (Å²) >= 11 is 0. The maximum Gasteiger partial charge on any atom is 0.412 e. The van der Waals surface area contributed by atoms with Crippen molar-refractivity contribution in [3.63, 3.8) is 0 Å². The van der Waals surface area contributed by atoms with Gasteiger partial charge in [-0.05, 0) is 54.3 Å². The van der Waals surface area contributed by atoms with Crippen molar-refractivity contribution in [3.05, 3.63) is 53.8 Å². The molecule has 0 fully saturated rings. The normalized spacial score (nSPS) is 12.9. The van der Waals surface area contributed by atoms with Crippen LogP contribution in [-0.2, 0) is 4.74 Å². The van der Waals surface area contributed by atoms with Gasteiger partial charge >= 0.3 is 6.09 Å². The van der Waals surface area contributed by atoms with Crippen LogP contribution >= 0.6 is 0 Å². The Balaban J connectivity index is 2.14. The third kappa shape index (κ3) is 5.10. The Kier molecular flexibility index (Phi) is 6.80. The molecule has 2 rings (SSSR count). The summed E-state index contributed by atoms with van der Waals surface area (Å²) in [4.78, 5) is 12.2. The first kappa shape index (κ1) is 19.5. The number of aliphatic hydroxyl groups is 1. The smallest absolute Gasteiger partial charge is 0.412 e. The fourth-order valence-corrected chi connectivity index (χ4v) is 2.50. The number of aromatic hydroxyl groups is 1. The third-order valence-electron chi connectivity index (χ3n) is 3.97. The number of nitrogens with one attached hydrogen (secondary N) is 1. The molecule has 0 radical (unpaired) electrons. The molecule has 0 aromatic heterocycles. The Morgan fingerprint density at radius 2 is 1.92 bits per heavy atom. The van der Waals surface area contributed by atoms with Crippen LogP contribution in [0.25, 0.3) is 0 Å².